The van der Waals surface area contributed by atoms with Crippen LogP contribution in [-0.2, 0) is 4.79 Å². The largest absolute Gasteiger partial charge is 0.496 e. The fourth-order valence-electron chi connectivity index (χ4n) is 2.01. The third kappa shape index (κ3) is 4.81. The van der Waals surface area contributed by atoms with Crippen molar-refractivity contribution in [3.05, 3.63) is 59.9 Å². The van der Waals surface area contributed by atoms with E-state index >= 15 is 0 Å². The molecule has 0 saturated carbocycles. The molecular formula is C17H17FN2O3. The molecule has 120 valence electrons. The fraction of sp³-hybridized carbons (Fsp3) is 0.176. The third-order valence-electron chi connectivity index (χ3n) is 3.10. The Balaban J connectivity index is 1.82. The Kier molecular flexibility index (Phi) is 5.68. The molecule has 0 bridgehead atoms. The van der Waals surface area contributed by atoms with Gasteiger partial charge in [0.2, 0.25) is 5.91 Å². The van der Waals surface area contributed by atoms with Gasteiger partial charge in [0.15, 0.2) is 0 Å². The van der Waals surface area contributed by atoms with Crippen molar-refractivity contribution < 1.29 is 18.7 Å². The van der Waals surface area contributed by atoms with Gasteiger partial charge in [-0.25, -0.2) is 4.39 Å². The second-order valence-electron chi connectivity index (χ2n) is 4.76. The summed E-state index contributed by atoms with van der Waals surface area (Å²) in [5, 5.41) is 5.21. The summed E-state index contributed by atoms with van der Waals surface area (Å²) in [5.41, 5.74) is 0.784. The highest BCUT2D eigenvalue weighted by Crippen LogP contribution is 2.16. The summed E-state index contributed by atoms with van der Waals surface area (Å²) < 4.78 is 18.1. The molecule has 0 aliphatic carbocycles. The van der Waals surface area contributed by atoms with Crippen molar-refractivity contribution >= 4 is 17.5 Å². The zero-order chi connectivity index (χ0) is 16.7. The number of hydrogen-bond acceptors (Lipinski definition) is 3. The van der Waals surface area contributed by atoms with Crippen LogP contribution in [0.3, 0.4) is 0 Å². The number of carbonyl (C=O) groups is 2. The number of benzene rings is 2. The monoisotopic (exact) mass is 316 g/mol. The van der Waals surface area contributed by atoms with Crippen LogP contribution in [0.15, 0.2) is 48.5 Å². The number of para-hydroxylation sites is 1. The van der Waals surface area contributed by atoms with Crippen LogP contribution in [0.5, 0.6) is 5.75 Å². The molecule has 5 nitrogen and oxygen atoms in total. The summed E-state index contributed by atoms with van der Waals surface area (Å²) in [6.07, 6.45) is 0.0808. The Morgan fingerprint density at radius 1 is 1.13 bits per heavy atom. The average Bonchev–Trinajstić information content (AvgIpc) is 2.54. The van der Waals surface area contributed by atoms with E-state index in [4.69, 9.17) is 4.74 Å². The first kappa shape index (κ1) is 16.5. The van der Waals surface area contributed by atoms with Gasteiger partial charge in [-0.1, -0.05) is 18.2 Å². The van der Waals surface area contributed by atoms with E-state index in [9.17, 15) is 14.0 Å². The SMILES string of the molecule is COc1ccccc1C(=O)NCCC(=O)Nc1cccc(F)c1. The van der Waals surface area contributed by atoms with Crippen molar-refractivity contribution in [2.24, 2.45) is 0 Å². The fourth-order valence-corrected chi connectivity index (χ4v) is 2.01. The standard InChI is InChI=1S/C17H17FN2O3/c1-23-15-8-3-2-7-14(15)17(22)19-10-9-16(21)20-13-6-4-5-12(18)11-13/h2-8,11H,9-10H2,1H3,(H,19,22)(H,20,21). The molecule has 0 aliphatic rings. The predicted octanol–water partition coefficient (Wildman–Crippen LogP) is 2.59. The van der Waals surface area contributed by atoms with E-state index in [1.165, 1.54) is 25.3 Å². The van der Waals surface area contributed by atoms with Crippen molar-refractivity contribution in [2.75, 3.05) is 19.0 Å². The van der Waals surface area contributed by atoms with Gasteiger partial charge in [0, 0.05) is 18.7 Å². The first-order valence-electron chi connectivity index (χ1n) is 7.07. The van der Waals surface area contributed by atoms with Crippen LogP contribution in [0.25, 0.3) is 0 Å². The molecule has 2 aromatic carbocycles. The van der Waals surface area contributed by atoms with E-state index in [0.717, 1.165) is 0 Å². The normalized spacial score (nSPS) is 10.0. The van der Waals surface area contributed by atoms with Crippen LogP contribution in [0.1, 0.15) is 16.8 Å². The number of ether oxygens (including phenoxy) is 1. The zero-order valence-corrected chi connectivity index (χ0v) is 12.6. The highest BCUT2D eigenvalue weighted by atomic mass is 19.1. The number of hydrogen-bond donors (Lipinski definition) is 2. The first-order valence-corrected chi connectivity index (χ1v) is 7.07. The smallest absolute Gasteiger partial charge is 0.255 e. The number of anilines is 1. The topological polar surface area (TPSA) is 67.4 Å². The van der Waals surface area contributed by atoms with Crippen LogP contribution in [0.4, 0.5) is 10.1 Å². The molecule has 2 aromatic rings. The van der Waals surface area contributed by atoms with Crippen LogP contribution in [-0.4, -0.2) is 25.5 Å². The molecule has 2 amide bonds. The third-order valence-corrected chi connectivity index (χ3v) is 3.10. The summed E-state index contributed by atoms with van der Waals surface area (Å²) in [7, 11) is 1.48. The second kappa shape index (κ2) is 7.93. The second-order valence-corrected chi connectivity index (χ2v) is 4.76. The Morgan fingerprint density at radius 3 is 2.65 bits per heavy atom. The van der Waals surface area contributed by atoms with Crippen molar-refractivity contribution in [1.29, 1.82) is 0 Å². The molecule has 6 heteroatoms. The number of amides is 2. The Labute approximate surface area is 133 Å². The van der Waals surface area contributed by atoms with E-state index in [2.05, 4.69) is 10.6 Å². The molecule has 0 saturated heterocycles. The van der Waals surface area contributed by atoms with Crippen molar-refractivity contribution in [1.82, 2.24) is 5.32 Å². The van der Waals surface area contributed by atoms with Crippen LogP contribution >= 0.6 is 0 Å². The maximum atomic E-state index is 13.0. The number of carbonyl (C=O) groups excluding carboxylic acids is 2. The van der Waals surface area contributed by atoms with E-state index in [1.54, 1.807) is 30.3 Å². The van der Waals surface area contributed by atoms with Crippen molar-refractivity contribution in [3.8, 4) is 5.75 Å². The lowest BCUT2D eigenvalue weighted by atomic mass is 10.2. The Bertz CT molecular complexity index is 704. The Hall–Kier alpha value is -2.89. The number of rotatable bonds is 6. The molecule has 23 heavy (non-hydrogen) atoms. The van der Waals surface area contributed by atoms with E-state index in [0.29, 0.717) is 17.0 Å². The van der Waals surface area contributed by atoms with Crippen molar-refractivity contribution in [2.45, 2.75) is 6.42 Å². The summed E-state index contributed by atoms with van der Waals surface area (Å²) in [6, 6.07) is 12.4. The zero-order valence-electron chi connectivity index (χ0n) is 12.6. The van der Waals surface area contributed by atoms with Gasteiger partial charge in [0.1, 0.15) is 11.6 Å². The molecule has 0 unspecified atom stereocenters. The van der Waals surface area contributed by atoms with Gasteiger partial charge in [-0.3, -0.25) is 9.59 Å². The lowest BCUT2D eigenvalue weighted by molar-refractivity contribution is -0.116. The quantitative estimate of drug-likeness (QED) is 0.861. The van der Waals surface area contributed by atoms with Gasteiger partial charge in [0.25, 0.3) is 5.91 Å². The first-order chi connectivity index (χ1) is 11.1. The van der Waals surface area contributed by atoms with Gasteiger partial charge >= 0.3 is 0 Å². The van der Waals surface area contributed by atoms with Gasteiger partial charge in [-0.15, -0.1) is 0 Å². The number of halogens is 1. The molecule has 0 aromatic heterocycles. The highest BCUT2D eigenvalue weighted by Gasteiger charge is 2.11. The molecule has 0 aliphatic heterocycles. The van der Waals surface area contributed by atoms with Crippen LogP contribution < -0.4 is 15.4 Å². The molecular weight excluding hydrogens is 299 g/mol. The molecule has 2 rings (SSSR count). The maximum Gasteiger partial charge on any atom is 0.255 e. The summed E-state index contributed by atoms with van der Waals surface area (Å²) in [6.45, 7) is 0.165. The minimum absolute atomic E-state index is 0.0808. The van der Waals surface area contributed by atoms with Gasteiger partial charge < -0.3 is 15.4 Å². The lowest BCUT2D eigenvalue weighted by Gasteiger charge is -2.09. The molecule has 0 fully saturated rings. The van der Waals surface area contributed by atoms with Gasteiger partial charge in [0.05, 0.1) is 12.7 Å². The minimum Gasteiger partial charge on any atom is -0.496 e. The highest BCUT2D eigenvalue weighted by molar-refractivity contribution is 5.97. The van der Waals surface area contributed by atoms with Gasteiger partial charge in [-0.05, 0) is 30.3 Å². The van der Waals surface area contributed by atoms with E-state index in [-0.39, 0.29) is 24.8 Å². The summed E-state index contributed by atoms with van der Waals surface area (Å²) >= 11 is 0. The number of methoxy groups -OCH3 is 1. The van der Waals surface area contributed by atoms with E-state index < -0.39 is 5.82 Å². The van der Waals surface area contributed by atoms with Gasteiger partial charge in [-0.2, -0.15) is 0 Å². The van der Waals surface area contributed by atoms with Crippen LogP contribution in [0.2, 0.25) is 0 Å². The number of nitrogens with one attached hydrogen (secondary N) is 2. The lowest BCUT2D eigenvalue weighted by Crippen LogP contribution is -2.28. The van der Waals surface area contributed by atoms with Crippen molar-refractivity contribution in [3.63, 3.8) is 0 Å². The molecule has 0 atom stereocenters. The Morgan fingerprint density at radius 2 is 1.91 bits per heavy atom. The molecule has 0 radical (unpaired) electrons. The summed E-state index contributed by atoms with van der Waals surface area (Å²) in [4.78, 5) is 23.8. The molecule has 2 N–H and O–H groups in total. The maximum absolute atomic E-state index is 13.0. The minimum atomic E-state index is -0.424. The molecule has 0 heterocycles. The average molecular weight is 316 g/mol. The molecule has 0 spiro atoms. The van der Waals surface area contributed by atoms with E-state index in [1.807, 2.05) is 0 Å². The predicted molar refractivity (Wildman–Crippen MR) is 85.0 cm³/mol. The van der Waals surface area contributed by atoms with Crippen LogP contribution in [0, 0.1) is 5.82 Å². The summed E-state index contributed by atoms with van der Waals surface area (Å²) in [5.74, 6) is -0.585.